The topological polar surface area (TPSA) is 66.5 Å². The van der Waals surface area contributed by atoms with E-state index >= 15 is 0 Å². The number of carbonyl (C=O) groups is 1. The predicted octanol–water partition coefficient (Wildman–Crippen LogP) is 2.48. The lowest BCUT2D eigenvalue weighted by Gasteiger charge is -2.13. The molecule has 0 saturated carbocycles. The summed E-state index contributed by atoms with van der Waals surface area (Å²) in [5.74, 6) is 0.382. The number of rotatable bonds is 5. The summed E-state index contributed by atoms with van der Waals surface area (Å²) >= 11 is 0. The van der Waals surface area contributed by atoms with Crippen LogP contribution in [0, 0.1) is 0 Å². The summed E-state index contributed by atoms with van der Waals surface area (Å²) in [4.78, 5) is 18.0. The van der Waals surface area contributed by atoms with Gasteiger partial charge in [0.25, 0.3) is 0 Å². The Kier molecular flexibility index (Phi) is 5.19. The van der Waals surface area contributed by atoms with Crippen LogP contribution in [-0.4, -0.2) is 32.2 Å². The van der Waals surface area contributed by atoms with Crippen LogP contribution in [0.15, 0.2) is 42.6 Å². The number of nitrogens with one attached hydrogen (secondary N) is 2. The number of carbonyl (C=O) groups excluding carboxylic acids is 1. The van der Waals surface area contributed by atoms with Crippen molar-refractivity contribution in [1.29, 1.82) is 0 Å². The van der Waals surface area contributed by atoms with Gasteiger partial charge < -0.3 is 20.3 Å². The number of ether oxygens (including phenoxy) is 1. The second-order valence-electron chi connectivity index (χ2n) is 4.93. The summed E-state index contributed by atoms with van der Waals surface area (Å²) in [6, 6.07) is 11.2. The van der Waals surface area contributed by atoms with Crippen LogP contribution in [-0.2, 0) is 6.54 Å². The monoisotopic (exact) mass is 300 g/mol. The average Bonchev–Trinajstić information content (AvgIpc) is 2.54. The number of urea groups is 1. The SMILES string of the molecule is COc1ncccc1NC(=O)NCc1ccc(N(C)C)cc1. The third-order valence-electron chi connectivity index (χ3n) is 3.12. The van der Waals surface area contributed by atoms with Crippen molar-refractivity contribution in [3.8, 4) is 5.88 Å². The zero-order valence-electron chi connectivity index (χ0n) is 13.0. The number of methoxy groups -OCH3 is 1. The van der Waals surface area contributed by atoms with Gasteiger partial charge in [-0.1, -0.05) is 12.1 Å². The number of anilines is 2. The summed E-state index contributed by atoms with van der Waals surface area (Å²) in [6.07, 6.45) is 1.61. The second kappa shape index (κ2) is 7.31. The molecule has 0 aliphatic carbocycles. The first kappa shape index (κ1) is 15.6. The number of aromatic nitrogens is 1. The molecule has 0 spiro atoms. The van der Waals surface area contributed by atoms with E-state index in [1.807, 2.05) is 43.3 Å². The van der Waals surface area contributed by atoms with Gasteiger partial charge in [0.15, 0.2) is 0 Å². The number of amides is 2. The van der Waals surface area contributed by atoms with Crippen LogP contribution in [0.4, 0.5) is 16.2 Å². The summed E-state index contributed by atoms with van der Waals surface area (Å²) in [7, 11) is 5.49. The highest BCUT2D eigenvalue weighted by molar-refractivity contribution is 5.90. The van der Waals surface area contributed by atoms with Gasteiger partial charge in [0.05, 0.1) is 7.11 Å². The molecule has 0 atom stereocenters. The minimum absolute atomic E-state index is 0.303. The Morgan fingerprint density at radius 2 is 1.95 bits per heavy atom. The third-order valence-corrected chi connectivity index (χ3v) is 3.12. The largest absolute Gasteiger partial charge is 0.480 e. The molecule has 116 valence electrons. The summed E-state index contributed by atoms with van der Waals surface area (Å²) in [6.45, 7) is 0.447. The van der Waals surface area contributed by atoms with Gasteiger partial charge in [0.1, 0.15) is 5.69 Å². The van der Waals surface area contributed by atoms with Gasteiger partial charge in [-0.15, -0.1) is 0 Å². The van der Waals surface area contributed by atoms with Crippen LogP contribution < -0.4 is 20.3 Å². The van der Waals surface area contributed by atoms with Gasteiger partial charge in [-0.05, 0) is 29.8 Å². The quantitative estimate of drug-likeness (QED) is 0.890. The molecule has 1 aromatic heterocycles. The molecular weight excluding hydrogens is 280 g/mol. The maximum Gasteiger partial charge on any atom is 0.319 e. The number of pyridine rings is 1. The Bertz CT molecular complexity index is 626. The third kappa shape index (κ3) is 4.12. The summed E-state index contributed by atoms with van der Waals surface area (Å²) < 4.78 is 5.09. The summed E-state index contributed by atoms with van der Waals surface area (Å²) in [5.41, 5.74) is 2.68. The molecule has 2 amide bonds. The molecule has 6 nitrogen and oxygen atoms in total. The van der Waals surface area contributed by atoms with Gasteiger partial charge in [-0.2, -0.15) is 0 Å². The summed E-state index contributed by atoms with van der Waals surface area (Å²) in [5, 5.41) is 5.52. The molecule has 0 fully saturated rings. The molecule has 0 aliphatic rings. The lowest BCUT2D eigenvalue weighted by atomic mass is 10.2. The number of benzene rings is 1. The maximum absolute atomic E-state index is 11.9. The second-order valence-corrected chi connectivity index (χ2v) is 4.93. The Morgan fingerprint density at radius 1 is 1.23 bits per heavy atom. The van der Waals surface area contributed by atoms with E-state index in [4.69, 9.17) is 4.74 Å². The highest BCUT2D eigenvalue weighted by atomic mass is 16.5. The van der Waals surface area contributed by atoms with Crippen LogP contribution in [0.1, 0.15) is 5.56 Å². The van der Waals surface area contributed by atoms with E-state index in [0.29, 0.717) is 18.1 Å². The van der Waals surface area contributed by atoms with E-state index in [1.54, 1.807) is 18.3 Å². The zero-order valence-corrected chi connectivity index (χ0v) is 13.0. The standard InChI is InChI=1S/C16H20N4O2/c1-20(2)13-8-6-12(7-9-13)11-18-16(21)19-14-5-4-10-17-15(14)22-3/h4-10H,11H2,1-3H3,(H2,18,19,21). The normalized spacial score (nSPS) is 9.95. The molecule has 0 saturated heterocycles. The highest BCUT2D eigenvalue weighted by Crippen LogP contribution is 2.19. The molecule has 1 heterocycles. The molecule has 1 aromatic carbocycles. The lowest BCUT2D eigenvalue weighted by Crippen LogP contribution is -2.28. The molecule has 0 radical (unpaired) electrons. The van der Waals surface area contributed by atoms with Crippen LogP contribution in [0.5, 0.6) is 5.88 Å². The average molecular weight is 300 g/mol. The fourth-order valence-corrected chi connectivity index (χ4v) is 1.91. The van der Waals surface area contributed by atoms with Crippen molar-refractivity contribution >= 4 is 17.4 Å². The van der Waals surface area contributed by atoms with Gasteiger partial charge in [0.2, 0.25) is 5.88 Å². The first-order valence-electron chi connectivity index (χ1n) is 6.90. The minimum atomic E-state index is -0.303. The van der Waals surface area contributed by atoms with Gasteiger partial charge in [-0.25, -0.2) is 9.78 Å². The first-order valence-corrected chi connectivity index (χ1v) is 6.90. The molecule has 2 aromatic rings. The fraction of sp³-hybridized carbons (Fsp3) is 0.250. The molecular formula is C16H20N4O2. The van der Waals surface area contributed by atoms with E-state index < -0.39 is 0 Å². The number of hydrogen-bond donors (Lipinski definition) is 2. The zero-order chi connectivity index (χ0) is 15.9. The van der Waals surface area contributed by atoms with Gasteiger partial charge in [0, 0.05) is 32.5 Å². The van der Waals surface area contributed by atoms with Crippen molar-refractivity contribution < 1.29 is 9.53 Å². The van der Waals surface area contributed by atoms with E-state index in [2.05, 4.69) is 15.6 Å². The molecule has 0 unspecified atom stereocenters. The van der Waals surface area contributed by atoms with Crippen molar-refractivity contribution in [1.82, 2.24) is 10.3 Å². The Labute approximate surface area is 130 Å². The number of nitrogens with zero attached hydrogens (tertiary/aromatic N) is 2. The van der Waals surface area contributed by atoms with Crippen molar-refractivity contribution in [2.24, 2.45) is 0 Å². The van der Waals surface area contributed by atoms with Crippen molar-refractivity contribution in [2.45, 2.75) is 6.54 Å². The van der Waals surface area contributed by atoms with Crippen molar-refractivity contribution in [3.63, 3.8) is 0 Å². The van der Waals surface area contributed by atoms with E-state index in [9.17, 15) is 4.79 Å². The van der Waals surface area contributed by atoms with Crippen LogP contribution >= 0.6 is 0 Å². The Hall–Kier alpha value is -2.76. The molecule has 0 bridgehead atoms. The molecule has 0 aliphatic heterocycles. The van der Waals surface area contributed by atoms with Gasteiger partial charge in [-0.3, -0.25) is 0 Å². The van der Waals surface area contributed by atoms with E-state index in [-0.39, 0.29) is 6.03 Å². The maximum atomic E-state index is 11.9. The van der Waals surface area contributed by atoms with E-state index in [0.717, 1.165) is 11.3 Å². The smallest absolute Gasteiger partial charge is 0.319 e. The molecule has 2 N–H and O–H groups in total. The van der Waals surface area contributed by atoms with Crippen LogP contribution in [0.25, 0.3) is 0 Å². The number of hydrogen-bond acceptors (Lipinski definition) is 4. The Morgan fingerprint density at radius 3 is 2.59 bits per heavy atom. The van der Waals surface area contributed by atoms with Crippen LogP contribution in [0.3, 0.4) is 0 Å². The molecule has 2 rings (SSSR count). The minimum Gasteiger partial charge on any atom is -0.480 e. The van der Waals surface area contributed by atoms with E-state index in [1.165, 1.54) is 7.11 Å². The highest BCUT2D eigenvalue weighted by Gasteiger charge is 2.07. The van der Waals surface area contributed by atoms with Gasteiger partial charge >= 0.3 is 6.03 Å². The fourth-order valence-electron chi connectivity index (χ4n) is 1.91. The molecule has 6 heteroatoms. The Balaban J connectivity index is 1.90. The van der Waals surface area contributed by atoms with Crippen LogP contribution in [0.2, 0.25) is 0 Å². The van der Waals surface area contributed by atoms with Crippen molar-refractivity contribution in [2.75, 3.05) is 31.4 Å². The van der Waals surface area contributed by atoms with Crippen molar-refractivity contribution in [3.05, 3.63) is 48.2 Å². The first-order chi connectivity index (χ1) is 10.6. The molecule has 22 heavy (non-hydrogen) atoms. The lowest BCUT2D eigenvalue weighted by molar-refractivity contribution is 0.251. The predicted molar refractivity (Wildman–Crippen MR) is 87.4 cm³/mol.